The molecule has 3 aromatic carbocycles. The Morgan fingerprint density at radius 3 is 2.40 bits per heavy atom. The number of nitrogens with one attached hydrogen (secondary N) is 3. The van der Waals surface area contributed by atoms with Crippen LogP contribution in [0.3, 0.4) is 0 Å². The highest BCUT2D eigenvalue weighted by molar-refractivity contribution is 9.10. The number of unbranched alkanes of at least 4 members (excludes halogenated alkanes) is 8. The molecule has 3 N–H and O–H groups in total. The molecule has 2 aliphatic heterocycles. The molecule has 0 radical (unpaired) electrons. The number of carbonyl (C=O) groups is 3. The van der Waals surface area contributed by atoms with Crippen LogP contribution in [-0.2, 0) is 16.0 Å². The van der Waals surface area contributed by atoms with Gasteiger partial charge in [0.15, 0.2) is 11.5 Å². The summed E-state index contributed by atoms with van der Waals surface area (Å²) in [6.45, 7) is 5.99. The summed E-state index contributed by atoms with van der Waals surface area (Å²) in [5, 5.41) is 10.4. The molecule has 1 unspecified atom stereocenters. The van der Waals surface area contributed by atoms with Crippen molar-refractivity contribution in [3.63, 3.8) is 0 Å². The van der Waals surface area contributed by atoms with Crippen molar-refractivity contribution in [2.75, 3.05) is 37.4 Å². The first-order chi connectivity index (χ1) is 26.7. The lowest BCUT2D eigenvalue weighted by Gasteiger charge is -2.36. The van der Waals surface area contributed by atoms with E-state index >= 15 is 0 Å². The molecule has 2 aliphatic rings. The van der Waals surface area contributed by atoms with E-state index < -0.39 is 6.04 Å². The van der Waals surface area contributed by atoms with E-state index in [-0.39, 0.29) is 30.2 Å². The maximum absolute atomic E-state index is 13.3. The van der Waals surface area contributed by atoms with Crippen LogP contribution >= 0.6 is 15.9 Å². The average Bonchev–Trinajstić information content (AvgIpc) is 3.17. The number of carbonyl (C=O) groups excluding carboxylic acids is 3. The molecule has 12 heteroatoms. The van der Waals surface area contributed by atoms with Gasteiger partial charge in [0.05, 0.1) is 25.3 Å². The number of fused-ring (bicyclic) bond motifs is 2. The zero-order chi connectivity index (χ0) is 38.7. The van der Waals surface area contributed by atoms with E-state index in [4.69, 9.17) is 19.4 Å². The summed E-state index contributed by atoms with van der Waals surface area (Å²) in [6, 6.07) is 17.4. The molecule has 3 amide bonds. The normalized spacial score (nSPS) is 16.1. The fourth-order valence-electron chi connectivity index (χ4n) is 7.56. The van der Waals surface area contributed by atoms with Gasteiger partial charge in [-0.1, -0.05) is 79.1 Å². The van der Waals surface area contributed by atoms with Crippen LogP contribution in [0, 0.1) is 6.92 Å². The van der Waals surface area contributed by atoms with Gasteiger partial charge in [-0.25, -0.2) is 9.97 Å². The first-order valence-corrected chi connectivity index (χ1v) is 20.5. The third-order valence-electron chi connectivity index (χ3n) is 10.5. The largest absolute Gasteiger partial charge is 0.493 e. The summed E-state index contributed by atoms with van der Waals surface area (Å²) in [5.74, 6) is 2.06. The number of aryl methyl sites for hydroxylation is 1. The van der Waals surface area contributed by atoms with Crippen LogP contribution in [0.25, 0.3) is 10.9 Å². The summed E-state index contributed by atoms with van der Waals surface area (Å²) in [6.07, 6.45) is 11.8. The van der Waals surface area contributed by atoms with Crippen molar-refractivity contribution in [3.8, 4) is 11.5 Å². The zero-order valence-corrected chi connectivity index (χ0v) is 33.8. The van der Waals surface area contributed by atoms with Crippen LogP contribution in [0.1, 0.15) is 111 Å². The maximum atomic E-state index is 13.3. The molecule has 0 saturated carbocycles. The number of hydrogen-bond acceptors (Lipinski definition) is 9. The molecule has 6 rings (SSSR count). The predicted octanol–water partition coefficient (Wildman–Crippen LogP) is 8.69. The van der Waals surface area contributed by atoms with E-state index in [1.807, 2.05) is 49.4 Å². The molecule has 292 valence electrons. The number of ether oxygens (including phenoxy) is 2. The summed E-state index contributed by atoms with van der Waals surface area (Å²) >= 11 is 3.57. The van der Waals surface area contributed by atoms with Crippen molar-refractivity contribution in [3.05, 3.63) is 81.6 Å². The Bertz CT molecular complexity index is 1990. The zero-order valence-electron chi connectivity index (χ0n) is 32.2. The average molecular weight is 814 g/mol. The minimum absolute atomic E-state index is 0.0470. The number of benzene rings is 3. The summed E-state index contributed by atoms with van der Waals surface area (Å²) in [4.78, 5) is 48.3. The number of halogens is 1. The Morgan fingerprint density at radius 1 is 0.909 bits per heavy atom. The second-order valence-electron chi connectivity index (χ2n) is 14.6. The topological polar surface area (TPSA) is 135 Å². The van der Waals surface area contributed by atoms with Crippen molar-refractivity contribution >= 4 is 56.1 Å². The SMILES string of the molecule is COc1cc2c(N[C@H](C)c3cccc(Br)c3)nc(C)nc2cc1OCCCCCCCCCCCNc1cccc2c1CCN(C1CCC(=O)NC1=O)C2=O. The molecule has 3 heterocycles. The highest BCUT2D eigenvalue weighted by Gasteiger charge is 2.37. The summed E-state index contributed by atoms with van der Waals surface area (Å²) in [5.41, 5.74) is 4.65. The number of aromatic nitrogens is 2. The fourth-order valence-corrected chi connectivity index (χ4v) is 7.97. The molecule has 11 nitrogen and oxygen atoms in total. The molecular formula is C43H53BrN6O5. The number of nitrogens with zero attached hydrogens (tertiary/aromatic N) is 3. The van der Waals surface area contributed by atoms with Crippen molar-refractivity contribution in [2.24, 2.45) is 0 Å². The lowest BCUT2D eigenvalue weighted by atomic mass is 9.94. The Morgan fingerprint density at radius 2 is 1.65 bits per heavy atom. The molecule has 0 aliphatic carbocycles. The van der Waals surface area contributed by atoms with Crippen molar-refractivity contribution in [1.29, 1.82) is 0 Å². The van der Waals surface area contributed by atoms with Crippen LogP contribution in [0.2, 0.25) is 0 Å². The van der Waals surface area contributed by atoms with Crippen LogP contribution < -0.4 is 25.4 Å². The van der Waals surface area contributed by atoms with Gasteiger partial charge < -0.3 is 25.0 Å². The smallest absolute Gasteiger partial charge is 0.254 e. The second-order valence-corrected chi connectivity index (χ2v) is 15.5. The van der Waals surface area contributed by atoms with Crippen LogP contribution in [-0.4, -0.2) is 65.4 Å². The van der Waals surface area contributed by atoms with Crippen LogP contribution in [0.15, 0.2) is 59.1 Å². The van der Waals surface area contributed by atoms with Gasteiger partial charge in [-0.15, -0.1) is 0 Å². The molecule has 1 aromatic heterocycles. The Labute approximate surface area is 332 Å². The van der Waals surface area contributed by atoms with Crippen LogP contribution in [0.4, 0.5) is 11.5 Å². The third kappa shape index (κ3) is 10.3. The van der Waals surface area contributed by atoms with Gasteiger partial charge in [0.1, 0.15) is 17.7 Å². The minimum Gasteiger partial charge on any atom is -0.493 e. The molecule has 1 fully saturated rings. The fraction of sp³-hybridized carbons (Fsp3) is 0.465. The number of anilines is 2. The van der Waals surface area contributed by atoms with Gasteiger partial charge >= 0.3 is 0 Å². The number of imide groups is 1. The highest BCUT2D eigenvalue weighted by Crippen LogP contribution is 2.36. The van der Waals surface area contributed by atoms with Crippen molar-refractivity contribution in [2.45, 2.75) is 103 Å². The minimum atomic E-state index is -0.577. The van der Waals surface area contributed by atoms with Gasteiger partial charge in [-0.3, -0.25) is 19.7 Å². The van der Waals surface area contributed by atoms with E-state index in [1.54, 1.807) is 12.0 Å². The summed E-state index contributed by atoms with van der Waals surface area (Å²) in [7, 11) is 1.66. The van der Waals surface area contributed by atoms with E-state index in [0.717, 1.165) is 70.2 Å². The summed E-state index contributed by atoms with van der Waals surface area (Å²) < 4.78 is 13.0. The predicted molar refractivity (Wildman–Crippen MR) is 220 cm³/mol. The van der Waals surface area contributed by atoms with E-state index in [9.17, 15) is 14.4 Å². The van der Waals surface area contributed by atoms with Crippen molar-refractivity contribution < 1.29 is 23.9 Å². The first kappa shape index (κ1) is 40.0. The first-order valence-electron chi connectivity index (χ1n) is 19.7. The lowest BCUT2D eigenvalue weighted by molar-refractivity contribution is -0.136. The molecular weight excluding hydrogens is 760 g/mol. The Hall–Kier alpha value is -4.71. The standard InChI is InChI=1S/C43H53BrN6O5/c1-28(30-15-13-16-31(44)25-30)46-41-34-26-38(54-3)39(27-36(34)47-29(2)48-41)55-24-12-10-8-6-4-5-7-9-11-22-45-35-18-14-17-33-32(35)21-23-50(43(33)53)37-19-20-40(51)49-42(37)52/h13-18,25-28,37,45H,4-12,19-24H2,1-3H3,(H,46,47,48)(H,49,51,52)/t28-,37?/m1/s1. The van der Waals surface area contributed by atoms with Crippen LogP contribution in [0.5, 0.6) is 11.5 Å². The number of rotatable bonds is 19. The van der Waals surface area contributed by atoms with Gasteiger partial charge in [0.25, 0.3) is 5.91 Å². The highest BCUT2D eigenvalue weighted by atomic mass is 79.9. The third-order valence-corrected chi connectivity index (χ3v) is 11.0. The monoisotopic (exact) mass is 812 g/mol. The lowest BCUT2D eigenvalue weighted by Crippen LogP contribution is -2.56. The van der Waals surface area contributed by atoms with E-state index in [1.165, 1.54) is 32.1 Å². The van der Waals surface area contributed by atoms with E-state index in [2.05, 4.69) is 50.9 Å². The second kappa shape index (κ2) is 19.2. The number of amides is 3. The molecule has 0 spiro atoms. The molecule has 55 heavy (non-hydrogen) atoms. The Balaban J connectivity index is 0.856. The maximum Gasteiger partial charge on any atom is 0.254 e. The number of piperidine rings is 1. The van der Waals surface area contributed by atoms with Gasteiger partial charge in [-0.05, 0) is 81.0 Å². The quantitative estimate of drug-likeness (QED) is 0.0628. The molecule has 4 aromatic rings. The molecule has 0 bridgehead atoms. The van der Waals surface area contributed by atoms with Crippen molar-refractivity contribution in [1.82, 2.24) is 20.2 Å². The molecule has 1 saturated heterocycles. The molecule has 2 atom stereocenters. The van der Waals surface area contributed by atoms with Gasteiger partial charge in [-0.2, -0.15) is 0 Å². The number of hydrogen-bond donors (Lipinski definition) is 3. The van der Waals surface area contributed by atoms with Gasteiger partial charge in [0.2, 0.25) is 11.8 Å². The number of methoxy groups -OCH3 is 1. The van der Waals surface area contributed by atoms with Gasteiger partial charge in [0, 0.05) is 46.7 Å². The van der Waals surface area contributed by atoms with E-state index in [0.29, 0.717) is 48.9 Å². The Kier molecular flexibility index (Phi) is 14.0.